The van der Waals surface area contributed by atoms with Crippen molar-refractivity contribution in [2.45, 2.75) is 38.4 Å². The van der Waals surface area contributed by atoms with Gasteiger partial charge < -0.3 is 10.0 Å². The van der Waals surface area contributed by atoms with Crippen LogP contribution in [0.4, 0.5) is 13.2 Å². The summed E-state index contributed by atoms with van der Waals surface area (Å²) in [5.41, 5.74) is -0.409. The Kier molecular flexibility index (Phi) is 3.97. The number of nitrogens with zero attached hydrogens (tertiary/aromatic N) is 3. The van der Waals surface area contributed by atoms with Gasteiger partial charge in [0.2, 0.25) is 5.82 Å². The number of carbonyl (C=O) groups excluding carboxylic acids is 1. The number of aromatic nitrogens is 2. The Balaban J connectivity index is 1.94. The van der Waals surface area contributed by atoms with Gasteiger partial charge in [-0.1, -0.05) is 6.42 Å². The molecular formula is C15H16F3N3O3. The van der Waals surface area contributed by atoms with Crippen LogP contribution in [0.1, 0.15) is 41.3 Å². The van der Waals surface area contributed by atoms with Gasteiger partial charge in [-0.15, -0.1) is 0 Å². The maximum Gasteiger partial charge on any atom is 0.451 e. The van der Waals surface area contributed by atoms with Crippen molar-refractivity contribution in [1.29, 1.82) is 0 Å². The summed E-state index contributed by atoms with van der Waals surface area (Å²) in [6.45, 7) is 1.58. The first kappa shape index (κ1) is 16.7. The van der Waals surface area contributed by atoms with Crippen molar-refractivity contribution in [1.82, 2.24) is 14.9 Å². The second-order valence-electron chi connectivity index (χ2n) is 6.31. The van der Waals surface area contributed by atoms with E-state index < -0.39 is 35.6 Å². The Morgan fingerprint density at radius 1 is 1.29 bits per heavy atom. The molecule has 1 aliphatic carbocycles. The molecule has 1 amide bonds. The molecule has 1 saturated heterocycles. The normalized spacial score (nSPS) is 26.5. The number of rotatable bonds is 2. The van der Waals surface area contributed by atoms with Crippen LogP contribution in [0, 0.1) is 18.8 Å². The van der Waals surface area contributed by atoms with Crippen LogP contribution in [-0.2, 0) is 11.0 Å². The molecule has 1 aliphatic heterocycles. The van der Waals surface area contributed by atoms with Crippen molar-refractivity contribution >= 4 is 11.9 Å². The lowest BCUT2D eigenvalue weighted by atomic mass is 9.94. The Morgan fingerprint density at radius 3 is 2.62 bits per heavy atom. The molecule has 1 N–H and O–H groups in total. The molecule has 3 unspecified atom stereocenters. The van der Waals surface area contributed by atoms with Gasteiger partial charge in [0, 0.05) is 12.2 Å². The summed E-state index contributed by atoms with van der Waals surface area (Å²) >= 11 is 0. The van der Waals surface area contributed by atoms with Gasteiger partial charge in [-0.05, 0) is 37.7 Å². The van der Waals surface area contributed by atoms with Gasteiger partial charge in [-0.2, -0.15) is 13.2 Å². The number of aryl methyl sites for hydroxylation is 1. The number of hydrogen-bond acceptors (Lipinski definition) is 4. The van der Waals surface area contributed by atoms with Crippen LogP contribution in [0.3, 0.4) is 0 Å². The highest BCUT2D eigenvalue weighted by atomic mass is 19.4. The minimum Gasteiger partial charge on any atom is -0.480 e. The van der Waals surface area contributed by atoms with E-state index in [1.807, 2.05) is 0 Å². The maximum atomic E-state index is 12.8. The highest BCUT2D eigenvalue weighted by Gasteiger charge is 2.50. The number of likely N-dealkylation sites (tertiary alicyclic amines) is 1. The molecule has 2 fully saturated rings. The molecule has 0 aromatic carbocycles. The fourth-order valence-electron chi connectivity index (χ4n) is 3.78. The number of amides is 1. The predicted octanol–water partition coefficient (Wildman–Crippen LogP) is 2.13. The summed E-state index contributed by atoms with van der Waals surface area (Å²) in [6.07, 6.45) is -2.32. The third-order valence-corrected chi connectivity index (χ3v) is 4.73. The van der Waals surface area contributed by atoms with Gasteiger partial charge in [0.15, 0.2) is 0 Å². The molecule has 3 rings (SSSR count). The summed E-state index contributed by atoms with van der Waals surface area (Å²) in [5, 5.41) is 9.46. The third kappa shape index (κ3) is 2.83. The molecule has 1 aromatic rings. The van der Waals surface area contributed by atoms with Crippen molar-refractivity contribution in [2.75, 3.05) is 6.54 Å². The molecule has 2 aliphatic rings. The molecule has 9 heteroatoms. The number of hydrogen-bond donors (Lipinski definition) is 1. The fraction of sp³-hybridized carbons (Fsp3) is 0.600. The lowest BCUT2D eigenvalue weighted by Crippen LogP contribution is -2.43. The zero-order valence-corrected chi connectivity index (χ0v) is 12.9. The quantitative estimate of drug-likeness (QED) is 0.889. The smallest absolute Gasteiger partial charge is 0.451 e. The molecule has 130 valence electrons. The van der Waals surface area contributed by atoms with Crippen molar-refractivity contribution in [2.24, 2.45) is 11.8 Å². The summed E-state index contributed by atoms with van der Waals surface area (Å²) < 4.78 is 38.5. The van der Waals surface area contributed by atoms with Gasteiger partial charge in [0.1, 0.15) is 11.7 Å². The van der Waals surface area contributed by atoms with Crippen LogP contribution in [-0.4, -0.2) is 44.4 Å². The van der Waals surface area contributed by atoms with E-state index in [0.29, 0.717) is 6.42 Å². The van der Waals surface area contributed by atoms with E-state index >= 15 is 0 Å². The van der Waals surface area contributed by atoms with Gasteiger partial charge in [-0.3, -0.25) is 4.79 Å². The fourth-order valence-corrected chi connectivity index (χ4v) is 3.78. The maximum absolute atomic E-state index is 12.8. The highest BCUT2D eigenvalue weighted by molar-refractivity contribution is 5.95. The van der Waals surface area contributed by atoms with Crippen LogP contribution in [0.5, 0.6) is 0 Å². The van der Waals surface area contributed by atoms with E-state index in [2.05, 4.69) is 9.97 Å². The number of carboxylic acids is 1. The monoisotopic (exact) mass is 343 g/mol. The molecule has 6 nitrogen and oxygen atoms in total. The van der Waals surface area contributed by atoms with Gasteiger partial charge in [-0.25, -0.2) is 14.8 Å². The van der Waals surface area contributed by atoms with Crippen molar-refractivity contribution in [3.8, 4) is 0 Å². The number of halogens is 3. The van der Waals surface area contributed by atoms with E-state index in [-0.39, 0.29) is 24.1 Å². The van der Waals surface area contributed by atoms with Crippen molar-refractivity contribution < 1.29 is 27.9 Å². The lowest BCUT2D eigenvalue weighted by Gasteiger charge is -2.24. The average Bonchev–Trinajstić information content (AvgIpc) is 3.04. The largest absolute Gasteiger partial charge is 0.480 e. The topological polar surface area (TPSA) is 83.4 Å². The van der Waals surface area contributed by atoms with Crippen LogP contribution < -0.4 is 0 Å². The molecule has 1 aromatic heterocycles. The Labute approximate surface area is 135 Å². The van der Waals surface area contributed by atoms with E-state index in [0.717, 1.165) is 23.8 Å². The van der Waals surface area contributed by atoms with E-state index in [1.54, 1.807) is 0 Å². The molecule has 24 heavy (non-hydrogen) atoms. The average molecular weight is 343 g/mol. The minimum atomic E-state index is -4.77. The Bertz CT molecular complexity index is 692. The zero-order valence-electron chi connectivity index (χ0n) is 12.9. The van der Waals surface area contributed by atoms with Gasteiger partial charge in [0.25, 0.3) is 5.91 Å². The summed E-state index contributed by atoms with van der Waals surface area (Å²) in [4.78, 5) is 32.0. The van der Waals surface area contributed by atoms with Crippen LogP contribution in [0.25, 0.3) is 0 Å². The number of aliphatic carboxylic acids is 1. The summed E-state index contributed by atoms with van der Waals surface area (Å²) in [7, 11) is 0. The van der Waals surface area contributed by atoms with E-state index in [4.69, 9.17) is 0 Å². The third-order valence-electron chi connectivity index (χ3n) is 4.73. The van der Waals surface area contributed by atoms with Gasteiger partial charge >= 0.3 is 12.1 Å². The first-order chi connectivity index (χ1) is 11.2. The summed E-state index contributed by atoms with van der Waals surface area (Å²) in [6, 6.07) is 0.152. The molecule has 0 radical (unpaired) electrons. The summed E-state index contributed by atoms with van der Waals surface area (Å²) in [5.74, 6) is -3.36. The first-order valence-electron chi connectivity index (χ1n) is 7.65. The molecule has 0 bridgehead atoms. The number of fused-ring (bicyclic) bond motifs is 1. The highest BCUT2D eigenvalue weighted by Crippen LogP contribution is 2.42. The molecular weight excluding hydrogens is 327 g/mol. The van der Waals surface area contributed by atoms with E-state index in [1.165, 1.54) is 6.92 Å². The number of carboxylic acid groups (broad SMARTS) is 1. The van der Waals surface area contributed by atoms with Gasteiger partial charge in [0.05, 0.1) is 0 Å². The molecule has 3 atom stereocenters. The first-order valence-corrected chi connectivity index (χ1v) is 7.65. The SMILES string of the molecule is Cc1cc(C(=O)N2CC3CCCC3C2C(=O)O)nc(C(F)(F)F)n1. The second kappa shape index (κ2) is 5.71. The second-order valence-corrected chi connectivity index (χ2v) is 6.31. The Morgan fingerprint density at radius 2 is 2.00 bits per heavy atom. The Hall–Kier alpha value is -2.19. The predicted molar refractivity (Wildman–Crippen MR) is 75.1 cm³/mol. The minimum absolute atomic E-state index is 0.00643. The standard InChI is InChI=1S/C15H16F3N3O3/c1-7-5-10(20-14(19-7)15(16,17)18)12(22)21-6-8-3-2-4-9(8)11(21)13(23)24/h5,8-9,11H,2-4,6H2,1H3,(H,23,24). The number of alkyl halides is 3. The van der Waals surface area contributed by atoms with Crippen LogP contribution >= 0.6 is 0 Å². The lowest BCUT2D eigenvalue weighted by molar-refractivity contribution is -0.145. The van der Waals surface area contributed by atoms with Crippen LogP contribution in [0.2, 0.25) is 0 Å². The van der Waals surface area contributed by atoms with Crippen LogP contribution in [0.15, 0.2) is 6.07 Å². The molecule has 1 saturated carbocycles. The number of carbonyl (C=O) groups is 2. The zero-order chi connectivity index (χ0) is 17.6. The van der Waals surface area contributed by atoms with Crippen molar-refractivity contribution in [3.63, 3.8) is 0 Å². The van der Waals surface area contributed by atoms with Crippen molar-refractivity contribution in [3.05, 3.63) is 23.3 Å². The van der Waals surface area contributed by atoms with E-state index in [9.17, 15) is 27.9 Å². The molecule has 2 heterocycles. The molecule has 0 spiro atoms.